The number of hydrogen-bond acceptors (Lipinski definition) is 6. The lowest BCUT2D eigenvalue weighted by molar-refractivity contribution is 0.138. The molecule has 2 aromatic rings. The second-order valence-corrected chi connectivity index (χ2v) is 5.03. The van der Waals surface area contributed by atoms with Crippen molar-refractivity contribution in [1.82, 2.24) is 19.5 Å². The standard InChI is InChI=1S/C12H16ClN5O2/c1-6(2)9(20)7(19)3-4-18-5-15-8-10(13)16-12(14)17-11(8)18/h5,7,19-20H,3-4H2,1-2H3,(H2,14,16,17)/t7-/m1/s1. The van der Waals surface area contributed by atoms with E-state index in [1.54, 1.807) is 24.7 Å². The molecular formula is C12H16ClN5O2. The van der Waals surface area contributed by atoms with Gasteiger partial charge in [-0.25, -0.2) is 4.98 Å². The highest BCUT2D eigenvalue weighted by atomic mass is 35.5. The molecule has 2 aromatic heterocycles. The normalized spacial score (nSPS) is 12.6. The van der Waals surface area contributed by atoms with E-state index in [0.717, 1.165) is 0 Å². The van der Waals surface area contributed by atoms with Gasteiger partial charge in [-0.15, -0.1) is 0 Å². The van der Waals surface area contributed by atoms with Gasteiger partial charge in [-0.05, 0) is 25.8 Å². The van der Waals surface area contributed by atoms with Crippen LogP contribution in [0.25, 0.3) is 11.2 Å². The van der Waals surface area contributed by atoms with E-state index in [9.17, 15) is 10.2 Å². The average Bonchev–Trinajstić information content (AvgIpc) is 2.78. The first-order chi connectivity index (χ1) is 9.40. The Labute approximate surface area is 120 Å². The first-order valence-electron chi connectivity index (χ1n) is 6.08. The number of nitrogens with two attached hydrogens (primary N) is 1. The lowest BCUT2D eigenvalue weighted by Crippen LogP contribution is -2.14. The zero-order valence-electron chi connectivity index (χ0n) is 11.2. The van der Waals surface area contributed by atoms with E-state index < -0.39 is 6.10 Å². The number of aromatic nitrogens is 4. The van der Waals surface area contributed by atoms with Crippen molar-refractivity contribution in [2.45, 2.75) is 32.9 Å². The minimum absolute atomic E-state index is 0.0124. The second-order valence-electron chi connectivity index (χ2n) is 4.67. The van der Waals surface area contributed by atoms with Crippen LogP contribution in [0, 0.1) is 0 Å². The Balaban J connectivity index is 2.21. The number of nitrogens with zero attached hydrogens (tertiary/aromatic N) is 4. The molecule has 0 radical (unpaired) electrons. The van der Waals surface area contributed by atoms with Crippen LogP contribution in [0.2, 0.25) is 5.15 Å². The van der Waals surface area contributed by atoms with Crippen molar-refractivity contribution >= 4 is 28.7 Å². The Kier molecular flexibility index (Phi) is 4.10. The molecule has 2 rings (SSSR count). The molecule has 0 aromatic carbocycles. The topological polar surface area (TPSA) is 110 Å². The Morgan fingerprint density at radius 1 is 1.45 bits per heavy atom. The molecule has 0 amide bonds. The molecule has 1 atom stereocenters. The van der Waals surface area contributed by atoms with Crippen molar-refractivity contribution in [3.05, 3.63) is 22.8 Å². The second kappa shape index (κ2) is 5.64. The van der Waals surface area contributed by atoms with Gasteiger partial charge in [0.25, 0.3) is 0 Å². The number of aliphatic hydroxyl groups is 2. The lowest BCUT2D eigenvalue weighted by Gasteiger charge is -2.12. The minimum Gasteiger partial charge on any atom is -0.510 e. The molecule has 0 aliphatic rings. The molecule has 0 bridgehead atoms. The average molecular weight is 298 g/mol. The van der Waals surface area contributed by atoms with Crippen molar-refractivity contribution in [2.24, 2.45) is 0 Å². The smallest absolute Gasteiger partial charge is 0.223 e. The Morgan fingerprint density at radius 2 is 2.15 bits per heavy atom. The van der Waals surface area contributed by atoms with E-state index in [2.05, 4.69) is 15.0 Å². The SMILES string of the molecule is CC(C)=C(O)[C@H](O)CCn1cnc2c(Cl)nc(N)nc21. The van der Waals surface area contributed by atoms with Crippen LogP contribution < -0.4 is 5.73 Å². The van der Waals surface area contributed by atoms with Gasteiger partial charge in [-0.2, -0.15) is 9.97 Å². The minimum atomic E-state index is -0.924. The zero-order valence-corrected chi connectivity index (χ0v) is 12.0. The van der Waals surface area contributed by atoms with E-state index in [1.807, 2.05) is 0 Å². The van der Waals surface area contributed by atoms with E-state index >= 15 is 0 Å². The Hall–Kier alpha value is -1.86. The van der Waals surface area contributed by atoms with Crippen LogP contribution in [0.3, 0.4) is 0 Å². The number of fused-ring (bicyclic) bond motifs is 1. The molecule has 4 N–H and O–H groups in total. The summed E-state index contributed by atoms with van der Waals surface area (Å²) >= 11 is 5.93. The molecule has 0 spiro atoms. The predicted octanol–water partition coefficient (Wildman–Crippen LogP) is 1.66. The third-order valence-electron chi connectivity index (χ3n) is 2.91. The van der Waals surface area contributed by atoms with Crippen molar-refractivity contribution < 1.29 is 10.2 Å². The van der Waals surface area contributed by atoms with Gasteiger partial charge in [-0.3, -0.25) is 0 Å². The first-order valence-corrected chi connectivity index (χ1v) is 6.46. The van der Waals surface area contributed by atoms with Gasteiger partial charge in [0.15, 0.2) is 10.8 Å². The number of halogens is 1. The van der Waals surface area contributed by atoms with E-state index in [0.29, 0.717) is 29.7 Å². The largest absolute Gasteiger partial charge is 0.510 e. The van der Waals surface area contributed by atoms with E-state index in [-0.39, 0.29) is 16.9 Å². The Morgan fingerprint density at radius 3 is 2.80 bits per heavy atom. The fraction of sp³-hybridized carbons (Fsp3) is 0.417. The summed E-state index contributed by atoms with van der Waals surface area (Å²) in [6.45, 7) is 3.89. The third kappa shape index (κ3) is 2.83. The molecule has 108 valence electrons. The number of nitrogen functional groups attached to an aromatic ring is 1. The number of hydrogen-bond donors (Lipinski definition) is 3. The fourth-order valence-electron chi connectivity index (χ4n) is 1.82. The molecule has 0 aliphatic carbocycles. The van der Waals surface area contributed by atoms with Crippen LogP contribution in [-0.4, -0.2) is 35.8 Å². The number of rotatable bonds is 4. The summed E-state index contributed by atoms with van der Waals surface area (Å²) in [6.07, 6.45) is 0.952. The molecular weight excluding hydrogens is 282 g/mol. The van der Waals surface area contributed by atoms with Gasteiger partial charge < -0.3 is 20.5 Å². The van der Waals surface area contributed by atoms with Crippen LogP contribution >= 0.6 is 11.6 Å². The molecule has 0 saturated carbocycles. The van der Waals surface area contributed by atoms with Gasteiger partial charge >= 0.3 is 0 Å². The highest BCUT2D eigenvalue weighted by Gasteiger charge is 2.14. The van der Waals surface area contributed by atoms with Crippen molar-refractivity contribution in [3.63, 3.8) is 0 Å². The summed E-state index contributed by atoms with van der Waals surface area (Å²) in [7, 11) is 0. The molecule has 8 heteroatoms. The number of imidazole rings is 1. The van der Waals surface area contributed by atoms with Crippen molar-refractivity contribution in [3.8, 4) is 0 Å². The highest BCUT2D eigenvalue weighted by molar-refractivity contribution is 6.33. The summed E-state index contributed by atoms with van der Waals surface area (Å²) in [4.78, 5) is 12.0. The number of aliphatic hydroxyl groups excluding tert-OH is 2. The van der Waals surface area contributed by atoms with Gasteiger partial charge in [-0.1, -0.05) is 11.6 Å². The monoisotopic (exact) mass is 297 g/mol. The molecule has 2 heterocycles. The zero-order chi connectivity index (χ0) is 14.9. The summed E-state index contributed by atoms with van der Waals surface area (Å²) < 4.78 is 1.71. The van der Waals surface area contributed by atoms with Crippen LogP contribution in [0.1, 0.15) is 20.3 Å². The van der Waals surface area contributed by atoms with Gasteiger partial charge in [0.2, 0.25) is 5.95 Å². The predicted molar refractivity (Wildman–Crippen MR) is 76.4 cm³/mol. The first kappa shape index (κ1) is 14.5. The van der Waals surface area contributed by atoms with Crippen molar-refractivity contribution in [2.75, 3.05) is 5.73 Å². The molecule has 20 heavy (non-hydrogen) atoms. The van der Waals surface area contributed by atoms with E-state index in [1.165, 1.54) is 0 Å². The summed E-state index contributed by atoms with van der Waals surface area (Å²) in [5, 5.41) is 19.7. The maximum atomic E-state index is 9.84. The molecule has 0 unspecified atom stereocenters. The maximum absolute atomic E-state index is 9.84. The summed E-state index contributed by atoms with van der Waals surface area (Å²) in [5.74, 6) is 0.0542. The molecule has 0 saturated heterocycles. The Bertz CT molecular complexity index is 663. The van der Waals surface area contributed by atoms with Gasteiger partial charge in [0.05, 0.1) is 6.33 Å². The van der Waals surface area contributed by atoms with E-state index in [4.69, 9.17) is 17.3 Å². The van der Waals surface area contributed by atoms with Gasteiger partial charge in [0, 0.05) is 6.54 Å². The summed E-state index contributed by atoms with van der Waals surface area (Å²) in [6, 6.07) is 0. The molecule has 0 aliphatic heterocycles. The fourth-order valence-corrected chi connectivity index (χ4v) is 2.04. The lowest BCUT2D eigenvalue weighted by atomic mass is 10.1. The van der Waals surface area contributed by atoms with Gasteiger partial charge in [0.1, 0.15) is 17.4 Å². The number of aryl methyl sites for hydroxylation is 1. The maximum Gasteiger partial charge on any atom is 0.223 e. The summed E-state index contributed by atoms with van der Waals surface area (Å²) in [5.41, 5.74) is 7.20. The quantitative estimate of drug-likeness (QED) is 0.585. The number of anilines is 1. The molecule has 7 nitrogen and oxygen atoms in total. The van der Waals surface area contributed by atoms with Crippen molar-refractivity contribution in [1.29, 1.82) is 0 Å². The van der Waals surface area contributed by atoms with Crippen LogP contribution in [0.15, 0.2) is 17.7 Å². The highest BCUT2D eigenvalue weighted by Crippen LogP contribution is 2.20. The number of allylic oxidation sites excluding steroid dienone is 1. The van der Waals surface area contributed by atoms with Crippen LogP contribution in [0.4, 0.5) is 5.95 Å². The molecule has 0 fully saturated rings. The van der Waals surface area contributed by atoms with Crippen LogP contribution in [-0.2, 0) is 6.54 Å². The van der Waals surface area contributed by atoms with Crippen LogP contribution in [0.5, 0.6) is 0 Å². The third-order valence-corrected chi connectivity index (χ3v) is 3.17.